The Morgan fingerprint density at radius 1 is 0.941 bits per heavy atom. The van der Waals surface area contributed by atoms with Crippen molar-refractivity contribution in [1.82, 2.24) is 31.1 Å². The molecule has 0 aromatic heterocycles. The molecule has 0 aromatic carbocycles. The molecule has 0 radical (unpaired) electrons. The van der Waals surface area contributed by atoms with E-state index in [1.807, 2.05) is 34.6 Å². The molecule has 4 rings (SSSR count). The molecule has 0 spiro atoms. The summed E-state index contributed by atoms with van der Waals surface area (Å²) < 4.78 is 0. The molecule has 0 aromatic rings. The van der Waals surface area contributed by atoms with Gasteiger partial charge >= 0.3 is 6.03 Å². The van der Waals surface area contributed by atoms with Crippen molar-refractivity contribution in [1.29, 1.82) is 0 Å². The zero-order valence-electron chi connectivity index (χ0n) is 31.7. The van der Waals surface area contributed by atoms with Crippen LogP contribution in [0.3, 0.4) is 0 Å². The maximum atomic E-state index is 14.4. The summed E-state index contributed by atoms with van der Waals surface area (Å²) in [6.07, 6.45) is 7.39. The Labute approximate surface area is 302 Å². The van der Waals surface area contributed by atoms with E-state index >= 15 is 0 Å². The van der Waals surface area contributed by atoms with E-state index in [1.54, 1.807) is 4.90 Å². The predicted octanol–water partition coefficient (Wildman–Crippen LogP) is 3.22. The van der Waals surface area contributed by atoms with Crippen LogP contribution in [-0.4, -0.2) is 95.0 Å². The van der Waals surface area contributed by atoms with Gasteiger partial charge in [-0.25, -0.2) is 4.79 Å². The second-order valence-electron chi connectivity index (χ2n) is 17.5. The topological polar surface area (TPSA) is 174 Å². The Kier molecular flexibility index (Phi) is 12.4. The summed E-state index contributed by atoms with van der Waals surface area (Å²) in [4.78, 5) is 96.7. The number of nitrogens with one attached hydrogen (secondary N) is 4. The highest BCUT2D eigenvalue weighted by Gasteiger charge is 2.69. The lowest BCUT2D eigenvalue weighted by atomic mass is 9.80. The van der Waals surface area contributed by atoms with Crippen molar-refractivity contribution in [2.24, 2.45) is 28.1 Å². The van der Waals surface area contributed by atoms with Crippen molar-refractivity contribution in [3.8, 4) is 0 Å². The third-order valence-corrected chi connectivity index (χ3v) is 11.4. The molecular weight excluding hydrogens is 652 g/mol. The lowest BCUT2D eigenvalue weighted by Crippen LogP contribution is -2.61. The van der Waals surface area contributed by atoms with Gasteiger partial charge in [0.2, 0.25) is 29.4 Å². The summed E-state index contributed by atoms with van der Waals surface area (Å²) in [5.41, 5.74) is -1.14. The van der Waals surface area contributed by atoms with Gasteiger partial charge in [-0.05, 0) is 40.9 Å². The molecule has 4 N–H and O–H groups in total. The lowest BCUT2D eigenvalue weighted by Gasteiger charge is -2.40. The molecule has 0 bridgehead atoms. The molecule has 3 heterocycles. The maximum absolute atomic E-state index is 14.4. The van der Waals surface area contributed by atoms with E-state index < -0.39 is 58.6 Å². The van der Waals surface area contributed by atoms with Gasteiger partial charge in [-0.1, -0.05) is 93.1 Å². The molecule has 3 saturated heterocycles. The highest BCUT2D eigenvalue weighted by Crippen LogP contribution is 2.65. The Morgan fingerprint density at radius 3 is 2.12 bits per heavy atom. The Hall–Kier alpha value is -3.77. The number of Topliss-reactive ketones (excluding diaryl/α,β-unsaturated/α-hetero) is 1. The van der Waals surface area contributed by atoms with Crippen LogP contribution in [0.5, 0.6) is 0 Å². The average molecular weight is 713 g/mol. The Morgan fingerprint density at radius 2 is 1.53 bits per heavy atom. The lowest BCUT2D eigenvalue weighted by molar-refractivity contribution is -0.153. The van der Waals surface area contributed by atoms with Crippen LogP contribution in [0.1, 0.15) is 113 Å². The molecule has 284 valence electrons. The first-order valence-electron chi connectivity index (χ1n) is 18.7. The molecular formula is C38H60N6O7. The minimum absolute atomic E-state index is 0.0155. The quantitative estimate of drug-likeness (QED) is 0.170. The zero-order chi connectivity index (χ0) is 37.9. The van der Waals surface area contributed by atoms with Gasteiger partial charge in [0.05, 0.1) is 12.1 Å². The zero-order valence-corrected chi connectivity index (χ0v) is 31.7. The largest absolute Gasteiger partial charge is 0.346 e. The number of amides is 7. The summed E-state index contributed by atoms with van der Waals surface area (Å²) in [5, 5.41) is 11.2. The summed E-state index contributed by atoms with van der Waals surface area (Å²) in [6.45, 7) is 17.7. The van der Waals surface area contributed by atoms with E-state index in [2.05, 4.69) is 41.7 Å². The number of carbonyl (C=O) groups is 7. The molecule has 6 atom stereocenters. The van der Waals surface area contributed by atoms with E-state index in [0.29, 0.717) is 32.2 Å². The molecule has 3 aliphatic heterocycles. The van der Waals surface area contributed by atoms with Gasteiger partial charge in [-0.15, -0.1) is 6.58 Å². The SMILES string of the molecule is C=CCNC(=O)C(=O)[C@@H]1CCCCCCCC[C@H](NC(=O)N[C@H](CN2C(=O)CC(C)(C)CC2=O)C(C)(C)C)C(=O)N2C[C@H]3[C@@H]([C@H]2C(=O)N1)C3(C)C. The van der Waals surface area contributed by atoms with Crippen molar-refractivity contribution in [2.75, 3.05) is 19.6 Å². The van der Waals surface area contributed by atoms with Crippen molar-refractivity contribution in [2.45, 2.75) is 137 Å². The number of carbonyl (C=O) groups excluding carboxylic acids is 7. The van der Waals surface area contributed by atoms with Crippen LogP contribution >= 0.6 is 0 Å². The summed E-state index contributed by atoms with van der Waals surface area (Å²) >= 11 is 0. The van der Waals surface area contributed by atoms with Gasteiger partial charge in [0.1, 0.15) is 12.1 Å². The van der Waals surface area contributed by atoms with Gasteiger partial charge in [0, 0.05) is 32.5 Å². The van der Waals surface area contributed by atoms with Crippen molar-refractivity contribution in [3.63, 3.8) is 0 Å². The predicted molar refractivity (Wildman–Crippen MR) is 192 cm³/mol. The number of ketones is 1. The van der Waals surface area contributed by atoms with E-state index in [-0.39, 0.29) is 60.9 Å². The number of nitrogens with zero attached hydrogens (tertiary/aromatic N) is 2. The van der Waals surface area contributed by atoms with Gasteiger partial charge in [0.15, 0.2) is 0 Å². The van der Waals surface area contributed by atoms with Crippen LogP contribution < -0.4 is 21.3 Å². The number of hydrogen-bond donors (Lipinski definition) is 4. The van der Waals surface area contributed by atoms with Gasteiger partial charge in [0.25, 0.3) is 5.91 Å². The second kappa shape index (κ2) is 15.9. The summed E-state index contributed by atoms with van der Waals surface area (Å²) in [7, 11) is 0. The normalized spacial score (nSPS) is 29.0. The van der Waals surface area contributed by atoms with Crippen molar-refractivity contribution < 1.29 is 33.6 Å². The third kappa shape index (κ3) is 9.57. The van der Waals surface area contributed by atoms with Crippen molar-refractivity contribution in [3.05, 3.63) is 12.7 Å². The fourth-order valence-corrected chi connectivity index (χ4v) is 8.10. The number of fused-ring (bicyclic) bond motifs is 3. The first-order chi connectivity index (χ1) is 23.8. The van der Waals surface area contributed by atoms with Crippen LogP contribution in [0.2, 0.25) is 0 Å². The fraction of sp³-hybridized carbons (Fsp3) is 0.763. The minimum atomic E-state index is -1.02. The molecule has 1 aliphatic carbocycles. The standard InChI is InChI=1S/C38H60N6O7/c1-9-18-39-33(49)31(47)24-16-14-12-10-11-13-15-17-25(34(50)44-21-23-29(38(23,7)8)30(44)32(48)40-24)41-35(51)42-26(36(2,3)4)22-43-27(45)19-37(5,6)20-28(43)46/h9,23-26,29-30H,1,10-22H2,2-8H3,(H,39,49)(H,40,48)(H2,41,42,51)/t23-,24-,25-,26+,29-,30-/m0/s1. The number of imide groups is 1. The van der Waals surface area contributed by atoms with Gasteiger partial charge in [-0.2, -0.15) is 0 Å². The molecule has 13 heteroatoms. The maximum Gasteiger partial charge on any atom is 0.315 e. The Balaban J connectivity index is 1.54. The van der Waals surface area contributed by atoms with Crippen LogP contribution in [0.25, 0.3) is 0 Å². The molecule has 51 heavy (non-hydrogen) atoms. The van der Waals surface area contributed by atoms with Crippen LogP contribution in [0.4, 0.5) is 4.79 Å². The van der Waals surface area contributed by atoms with Crippen molar-refractivity contribution >= 4 is 41.4 Å². The van der Waals surface area contributed by atoms with Crippen LogP contribution in [0, 0.1) is 28.1 Å². The van der Waals surface area contributed by atoms with E-state index in [9.17, 15) is 33.6 Å². The molecule has 7 amide bonds. The molecule has 13 nitrogen and oxygen atoms in total. The van der Waals surface area contributed by atoms with E-state index in [0.717, 1.165) is 25.7 Å². The smallest absolute Gasteiger partial charge is 0.315 e. The highest BCUT2D eigenvalue weighted by molar-refractivity contribution is 6.38. The summed E-state index contributed by atoms with van der Waals surface area (Å²) in [6, 6.07) is -3.99. The summed E-state index contributed by atoms with van der Waals surface area (Å²) in [5.74, 6) is -2.96. The Bertz CT molecular complexity index is 1380. The van der Waals surface area contributed by atoms with Crippen LogP contribution in [-0.2, 0) is 28.8 Å². The molecule has 4 fully saturated rings. The first kappa shape index (κ1) is 40.0. The van der Waals surface area contributed by atoms with Crippen LogP contribution in [0.15, 0.2) is 12.7 Å². The average Bonchev–Trinajstić information content (AvgIpc) is 3.33. The number of likely N-dealkylation sites (tertiary alicyclic amines) is 1. The number of piperidine rings is 2. The molecule has 0 unspecified atom stereocenters. The number of hydrogen-bond acceptors (Lipinski definition) is 7. The fourth-order valence-electron chi connectivity index (χ4n) is 8.10. The van der Waals surface area contributed by atoms with Gasteiger partial charge < -0.3 is 26.2 Å². The van der Waals surface area contributed by atoms with E-state index in [1.165, 1.54) is 11.0 Å². The van der Waals surface area contributed by atoms with Gasteiger partial charge in [-0.3, -0.25) is 33.7 Å². The second-order valence-corrected chi connectivity index (χ2v) is 17.5. The minimum Gasteiger partial charge on any atom is -0.346 e. The third-order valence-electron chi connectivity index (χ3n) is 11.4. The molecule has 4 aliphatic rings. The highest BCUT2D eigenvalue weighted by atomic mass is 16.2. The monoisotopic (exact) mass is 712 g/mol. The molecule has 1 saturated carbocycles. The first-order valence-corrected chi connectivity index (χ1v) is 18.7. The number of urea groups is 1. The number of rotatable bonds is 8. The van der Waals surface area contributed by atoms with E-state index in [4.69, 9.17) is 0 Å².